The Kier molecular flexibility index (Phi) is 4.10. The van der Waals surface area contributed by atoms with Gasteiger partial charge in [-0.25, -0.2) is 4.98 Å². The summed E-state index contributed by atoms with van der Waals surface area (Å²) in [6.45, 7) is 3.44. The first-order valence-electron chi connectivity index (χ1n) is 8.81. The molecule has 2 fully saturated rings. The maximum Gasteiger partial charge on any atom is 0.257 e. The zero-order chi connectivity index (χ0) is 16.5. The Labute approximate surface area is 141 Å². The third-order valence-electron chi connectivity index (χ3n) is 5.17. The molecule has 5 nitrogen and oxygen atoms in total. The molecule has 24 heavy (non-hydrogen) atoms. The molecule has 2 aromatic rings. The van der Waals surface area contributed by atoms with E-state index in [-0.39, 0.29) is 18.4 Å². The number of hydrogen-bond donors (Lipinski definition) is 1. The number of carbonyl (C=O) groups is 1. The van der Waals surface area contributed by atoms with E-state index in [4.69, 9.17) is 4.98 Å². The minimum Gasteiger partial charge on any atom is -0.396 e. The lowest BCUT2D eigenvalue weighted by Crippen LogP contribution is -2.31. The normalized spacial score (nSPS) is 21.0. The van der Waals surface area contributed by atoms with Gasteiger partial charge in [0.2, 0.25) is 0 Å². The Morgan fingerprint density at radius 2 is 2.00 bits per heavy atom. The summed E-state index contributed by atoms with van der Waals surface area (Å²) in [6, 6.07) is 9.96. The number of para-hydroxylation sites is 1. The van der Waals surface area contributed by atoms with E-state index < -0.39 is 0 Å². The van der Waals surface area contributed by atoms with Crippen LogP contribution in [0.15, 0.2) is 30.3 Å². The van der Waals surface area contributed by atoms with Gasteiger partial charge in [-0.15, -0.1) is 0 Å². The van der Waals surface area contributed by atoms with Gasteiger partial charge in [-0.1, -0.05) is 18.2 Å². The number of nitrogens with zero attached hydrogens (tertiary/aromatic N) is 3. The lowest BCUT2D eigenvalue weighted by molar-refractivity contribution is 0.0782. The van der Waals surface area contributed by atoms with Gasteiger partial charge in [-0.05, 0) is 31.4 Å². The van der Waals surface area contributed by atoms with Crippen molar-refractivity contribution >= 4 is 22.6 Å². The number of benzene rings is 1. The number of fused-ring (bicyclic) bond motifs is 1. The molecule has 2 saturated heterocycles. The molecule has 1 aromatic heterocycles. The standard InChI is InChI=1S/C19H23N3O2/c23-13-14-7-10-22(12-14)19(24)16-11-15-5-1-2-6-17(15)20-18(16)21-8-3-4-9-21/h1-2,5-6,11,14,23H,3-4,7-10,12-13H2. The maximum absolute atomic E-state index is 13.1. The molecule has 0 bridgehead atoms. The maximum atomic E-state index is 13.1. The van der Waals surface area contributed by atoms with E-state index >= 15 is 0 Å². The van der Waals surface area contributed by atoms with Crippen molar-refractivity contribution in [2.24, 2.45) is 5.92 Å². The molecule has 1 aromatic carbocycles. The third kappa shape index (κ3) is 2.73. The molecule has 0 saturated carbocycles. The molecular weight excluding hydrogens is 302 g/mol. The average molecular weight is 325 g/mol. The van der Waals surface area contributed by atoms with E-state index in [0.717, 1.165) is 55.6 Å². The lowest BCUT2D eigenvalue weighted by atomic mass is 10.1. The van der Waals surface area contributed by atoms with Crippen LogP contribution >= 0.6 is 0 Å². The molecule has 1 unspecified atom stereocenters. The first-order valence-corrected chi connectivity index (χ1v) is 8.81. The van der Waals surface area contributed by atoms with Gasteiger partial charge >= 0.3 is 0 Å². The number of likely N-dealkylation sites (tertiary alicyclic amines) is 1. The first kappa shape index (κ1) is 15.4. The van der Waals surface area contributed by atoms with Gasteiger partial charge < -0.3 is 14.9 Å². The molecule has 0 spiro atoms. The average Bonchev–Trinajstić information content (AvgIpc) is 3.31. The molecule has 126 valence electrons. The van der Waals surface area contributed by atoms with Crippen LogP contribution in [0.25, 0.3) is 10.9 Å². The predicted octanol–water partition coefficient (Wildman–Crippen LogP) is 2.29. The minimum atomic E-state index is 0.0473. The molecule has 3 heterocycles. The summed E-state index contributed by atoms with van der Waals surface area (Å²) in [6.07, 6.45) is 3.18. The fourth-order valence-corrected chi connectivity index (χ4v) is 3.77. The van der Waals surface area contributed by atoms with Crippen LogP contribution in [0.3, 0.4) is 0 Å². The highest BCUT2D eigenvalue weighted by Crippen LogP contribution is 2.29. The van der Waals surface area contributed by atoms with Crippen molar-refractivity contribution in [3.63, 3.8) is 0 Å². The highest BCUT2D eigenvalue weighted by molar-refractivity contribution is 6.02. The number of carbonyl (C=O) groups excluding carboxylic acids is 1. The van der Waals surface area contributed by atoms with Crippen molar-refractivity contribution in [2.45, 2.75) is 19.3 Å². The summed E-state index contributed by atoms with van der Waals surface area (Å²) in [5.41, 5.74) is 1.64. The van der Waals surface area contributed by atoms with Crippen molar-refractivity contribution < 1.29 is 9.90 Å². The van der Waals surface area contributed by atoms with Gasteiger partial charge in [0.1, 0.15) is 5.82 Å². The molecule has 4 rings (SSSR count). The molecular formula is C19H23N3O2. The zero-order valence-electron chi connectivity index (χ0n) is 13.8. The summed E-state index contributed by atoms with van der Waals surface area (Å²) in [5.74, 6) is 1.08. The molecule has 1 atom stereocenters. The summed E-state index contributed by atoms with van der Waals surface area (Å²) < 4.78 is 0. The summed E-state index contributed by atoms with van der Waals surface area (Å²) in [7, 11) is 0. The van der Waals surface area contributed by atoms with Gasteiger partial charge in [-0.2, -0.15) is 0 Å². The van der Waals surface area contributed by atoms with E-state index in [2.05, 4.69) is 4.90 Å². The SMILES string of the molecule is O=C(c1cc2ccccc2nc1N1CCCC1)N1CCC(CO)C1. The predicted molar refractivity (Wildman–Crippen MR) is 94.3 cm³/mol. The van der Waals surface area contributed by atoms with Gasteiger partial charge in [0.05, 0.1) is 11.1 Å². The fraction of sp³-hybridized carbons (Fsp3) is 0.474. The second-order valence-corrected chi connectivity index (χ2v) is 6.83. The van der Waals surface area contributed by atoms with Gasteiger partial charge in [0.15, 0.2) is 0 Å². The van der Waals surface area contributed by atoms with Crippen LogP contribution in [0.2, 0.25) is 0 Å². The summed E-state index contributed by atoms with van der Waals surface area (Å²) in [5, 5.41) is 10.3. The number of aliphatic hydroxyl groups excluding tert-OH is 1. The lowest BCUT2D eigenvalue weighted by Gasteiger charge is -2.23. The number of anilines is 1. The van der Waals surface area contributed by atoms with Crippen molar-refractivity contribution in [1.29, 1.82) is 0 Å². The highest BCUT2D eigenvalue weighted by Gasteiger charge is 2.30. The molecule has 1 N–H and O–H groups in total. The van der Waals surface area contributed by atoms with Gasteiger partial charge in [-0.3, -0.25) is 4.79 Å². The van der Waals surface area contributed by atoms with E-state index in [9.17, 15) is 9.90 Å². The van der Waals surface area contributed by atoms with Crippen molar-refractivity contribution in [3.05, 3.63) is 35.9 Å². The second-order valence-electron chi connectivity index (χ2n) is 6.83. The van der Waals surface area contributed by atoms with Crippen molar-refractivity contribution in [3.8, 4) is 0 Å². The summed E-state index contributed by atoms with van der Waals surface area (Å²) in [4.78, 5) is 22.0. The monoisotopic (exact) mass is 325 g/mol. The van der Waals surface area contributed by atoms with Crippen LogP contribution in [0.1, 0.15) is 29.6 Å². The van der Waals surface area contributed by atoms with Crippen LogP contribution in [-0.2, 0) is 0 Å². The molecule has 2 aliphatic heterocycles. The van der Waals surface area contributed by atoms with Crippen molar-refractivity contribution in [2.75, 3.05) is 37.7 Å². The Morgan fingerprint density at radius 3 is 2.75 bits per heavy atom. The quantitative estimate of drug-likeness (QED) is 0.941. The zero-order valence-corrected chi connectivity index (χ0v) is 13.8. The Hall–Kier alpha value is -2.14. The largest absolute Gasteiger partial charge is 0.396 e. The number of pyridine rings is 1. The number of aliphatic hydroxyl groups is 1. The molecule has 0 aliphatic carbocycles. The van der Waals surface area contributed by atoms with E-state index in [1.807, 2.05) is 35.2 Å². The number of amides is 1. The number of rotatable bonds is 3. The molecule has 2 aliphatic rings. The van der Waals surface area contributed by atoms with Gasteiger partial charge in [0.25, 0.3) is 5.91 Å². The van der Waals surface area contributed by atoms with E-state index in [1.54, 1.807) is 0 Å². The van der Waals surface area contributed by atoms with Crippen LogP contribution in [0.5, 0.6) is 0 Å². The Morgan fingerprint density at radius 1 is 1.21 bits per heavy atom. The molecule has 0 radical (unpaired) electrons. The van der Waals surface area contributed by atoms with Gasteiger partial charge in [0, 0.05) is 44.1 Å². The summed E-state index contributed by atoms with van der Waals surface area (Å²) >= 11 is 0. The Bertz CT molecular complexity index is 755. The van der Waals surface area contributed by atoms with Crippen LogP contribution < -0.4 is 4.90 Å². The number of aromatic nitrogens is 1. The van der Waals surface area contributed by atoms with E-state index in [0.29, 0.717) is 12.1 Å². The molecule has 1 amide bonds. The topological polar surface area (TPSA) is 56.7 Å². The van der Waals surface area contributed by atoms with Crippen LogP contribution in [0, 0.1) is 5.92 Å². The van der Waals surface area contributed by atoms with Crippen molar-refractivity contribution in [1.82, 2.24) is 9.88 Å². The smallest absolute Gasteiger partial charge is 0.257 e. The Balaban J connectivity index is 1.74. The van der Waals surface area contributed by atoms with Crippen LogP contribution in [-0.4, -0.2) is 53.7 Å². The number of hydrogen-bond acceptors (Lipinski definition) is 4. The minimum absolute atomic E-state index is 0.0473. The molecule has 5 heteroatoms. The third-order valence-corrected chi connectivity index (χ3v) is 5.17. The first-order chi connectivity index (χ1) is 11.8. The second kappa shape index (κ2) is 6.40. The van der Waals surface area contributed by atoms with E-state index in [1.165, 1.54) is 0 Å². The highest BCUT2D eigenvalue weighted by atomic mass is 16.3. The fourth-order valence-electron chi connectivity index (χ4n) is 3.77. The van der Waals surface area contributed by atoms with Crippen LogP contribution in [0.4, 0.5) is 5.82 Å².